The van der Waals surface area contributed by atoms with Crippen LogP contribution < -0.4 is 10.1 Å². The van der Waals surface area contributed by atoms with Crippen LogP contribution in [-0.4, -0.2) is 35.9 Å². The van der Waals surface area contributed by atoms with Crippen LogP contribution in [0.15, 0.2) is 36.4 Å². The highest BCUT2D eigenvalue weighted by molar-refractivity contribution is 6.35. The molecular formula is C23H28Cl2N2O3. The number of halogens is 2. The first-order chi connectivity index (χ1) is 14.2. The van der Waals surface area contributed by atoms with E-state index in [2.05, 4.69) is 5.32 Å². The van der Waals surface area contributed by atoms with Crippen LogP contribution in [0.1, 0.15) is 37.0 Å². The highest BCUT2D eigenvalue weighted by atomic mass is 35.5. The number of aryl methyl sites for hydroxylation is 1. The van der Waals surface area contributed by atoms with Gasteiger partial charge in [0.25, 0.3) is 5.91 Å². The zero-order valence-electron chi connectivity index (χ0n) is 17.8. The Balaban J connectivity index is 2.21. The van der Waals surface area contributed by atoms with E-state index in [9.17, 15) is 9.59 Å². The Kier molecular flexibility index (Phi) is 9.00. The van der Waals surface area contributed by atoms with E-state index in [4.69, 9.17) is 27.9 Å². The van der Waals surface area contributed by atoms with E-state index in [1.54, 1.807) is 25.1 Å². The molecule has 30 heavy (non-hydrogen) atoms. The fourth-order valence-corrected chi connectivity index (χ4v) is 3.38. The van der Waals surface area contributed by atoms with Crippen LogP contribution in [0.25, 0.3) is 0 Å². The van der Waals surface area contributed by atoms with E-state index < -0.39 is 6.04 Å². The van der Waals surface area contributed by atoms with Gasteiger partial charge in [-0.25, -0.2) is 0 Å². The van der Waals surface area contributed by atoms with Crippen LogP contribution in [0.2, 0.25) is 10.0 Å². The average molecular weight is 451 g/mol. The molecule has 2 aromatic carbocycles. The normalized spacial score (nSPS) is 11.7. The molecule has 0 fully saturated rings. The topological polar surface area (TPSA) is 58.6 Å². The molecule has 2 aromatic rings. The molecule has 0 saturated carbocycles. The first kappa shape index (κ1) is 24.0. The van der Waals surface area contributed by atoms with Gasteiger partial charge in [-0.15, -0.1) is 0 Å². The molecule has 0 aromatic heterocycles. The van der Waals surface area contributed by atoms with Gasteiger partial charge >= 0.3 is 0 Å². The molecule has 0 aliphatic carbocycles. The Morgan fingerprint density at radius 2 is 1.90 bits per heavy atom. The maximum Gasteiger partial charge on any atom is 0.261 e. The summed E-state index contributed by atoms with van der Waals surface area (Å²) < 4.78 is 5.78. The van der Waals surface area contributed by atoms with Crippen LogP contribution >= 0.6 is 23.2 Å². The van der Waals surface area contributed by atoms with Gasteiger partial charge in [-0.05, 0) is 62.1 Å². The minimum absolute atomic E-state index is 0.172. The molecule has 0 aliphatic heterocycles. The predicted octanol–water partition coefficient (Wildman–Crippen LogP) is 4.93. The molecule has 0 heterocycles. The van der Waals surface area contributed by atoms with Crippen molar-refractivity contribution in [1.29, 1.82) is 0 Å². The molecule has 0 saturated heterocycles. The third kappa shape index (κ3) is 6.38. The highest BCUT2D eigenvalue weighted by Crippen LogP contribution is 2.24. The van der Waals surface area contributed by atoms with E-state index in [0.29, 0.717) is 27.9 Å². The second-order valence-electron chi connectivity index (χ2n) is 7.21. The fourth-order valence-electron chi connectivity index (χ4n) is 2.91. The SMILES string of the molecule is CCCNC(=O)[C@H](C)N(Cc1ccc(Cl)cc1Cl)C(=O)COc1cccc(C)c1C. The van der Waals surface area contributed by atoms with Gasteiger partial charge in [0, 0.05) is 23.1 Å². The lowest BCUT2D eigenvalue weighted by Crippen LogP contribution is -2.49. The Labute approximate surface area is 188 Å². The maximum atomic E-state index is 13.1. The van der Waals surface area contributed by atoms with Gasteiger partial charge in [0.1, 0.15) is 11.8 Å². The summed E-state index contributed by atoms with van der Waals surface area (Å²) in [6, 6.07) is 10.1. The van der Waals surface area contributed by atoms with E-state index in [-0.39, 0.29) is 25.0 Å². The van der Waals surface area contributed by atoms with Crippen LogP contribution in [-0.2, 0) is 16.1 Å². The van der Waals surface area contributed by atoms with Gasteiger partial charge in [-0.3, -0.25) is 9.59 Å². The number of benzene rings is 2. The van der Waals surface area contributed by atoms with Gasteiger partial charge in [0.2, 0.25) is 5.91 Å². The third-order valence-corrected chi connectivity index (χ3v) is 5.57. The Bertz CT molecular complexity index is 902. The molecule has 162 valence electrons. The van der Waals surface area contributed by atoms with Crippen LogP contribution in [0.5, 0.6) is 5.75 Å². The standard InChI is InChI=1S/C23H28Cl2N2O3/c1-5-11-26-23(29)17(4)27(13-18-9-10-19(24)12-20(18)25)22(28)14-30-21-8-6-7-15(2)16(21)3/h6-10,12,17H,5,11,13-14H2,1-4H3,(H,26,29)/t17-/m0/s1. The van der Waals surface area contributed by atoms with Crippen molar-refractivity contribution in [3.05, 3.63) is 63.1 Å². The van der Waals surface area contributed by atoms with Crippen LogP contribution in [0.4, 0.5) is 0 Å². The van der Waals surface area contributed by atoms with Crippen molar-refractivity contribution in [1.82, 2.24) is 10.2 Å². The lowest BCUT2D eigenvalue weighted by Gasteiger charge is -2.29. The molecule has 1 N–H and O–H groups in total. The minimum atomic E-state index is -0.682. The largest absolute Gasteiger partial charge is 0.483 e. The molecule has 2 amide bonds. The van der Waals surface area contributed by atoms with Crippen molar-refractivity contribution in [2.45, 2.75) is 46.7 Å². The quantitative estimate of drug-likeness (QED) is 0.588. The highest BCUT2D eigenvalue weighted by Gasteiger charge is 2.27. The summed E-state index contributed by atoms with van der Waals surface area (Å²) in [7, 11) is 0. The molecular weight excluding hydrogens is 423 g/mol. The van der Waals surface area contributed by atoms with Crippen molar-refractivity contribution in [2.75, 3.05) is 13.2 Å². The Morgan fingerprint density at radius 3 is 2.57 bits per heavy atom. The monoisotopic (exact) mass is 450 g/mol. The van der Waals surface area contributed by atoms with Crippen molar-refractivity contribution < 1.29 is 14.3 Å². The molecule has 1 atom stereocenters. The molecule has 0 radical (unpaired) electrons. The molecule has 5 nitrogen and oxygen atoms in total. The van der Waals surface area contributed by atoms with Gasteiger partial charge in [0.05, 0.1) is 0 Å². The molecule has 2 rings (SSSR count). The van der Waals surface area contributed by atoms with Gasteiger partial charge in [0.15, 0.2) is 6.61 Å². The minimum Gasteiger partial charge on any atom is -0.483 e. The summed E-state index contributed by atoms with van der Waals surface area (Å²) in [6.07, 6.45) is 0.811. The second kappa shape index (κ2) is 11.2. The second-order valence-corrected chi connectivity index (χ2v) is 8.05. The first-order valence-corrected chi connectivity index (χ1v) is 10.7. The summed E-state index contributed by atoms with van der Waals surface area (Å²) in [5.41, 5.74) is 2.76. The van der Waals surface area contributed by atoms with Crippen molar-refractivity contribution >= 4 is 35.0 Å². The van der Waals surface area contributed by atoms with E-state index >= 15 is 0 Å². The van der Waals surface area contributed by atoms with E-state index in [1.165, 1.54) is 4.90 Å². The number of ether oxygens (including phenoxy) is 1. The van der Waals surface area contributed by atoms with Crippen LogP contribution in [0.3, 0.4) is 0 Å². The number of carbonyl (C=O) groups is 2. The first-order valence-electron chi connectivity index (χ1n) is 9.94. The molecule has 0 aliphatic rings. The molecule has 7 heteroatoms. The average Bonchev–Trinajstić information content (AvgIpc) is 2.71. The van der Waals surface area contributed by atoms with Crippen molar-refractivity contribution in [2.24, 2.45) is 0 Å². The number of rotatable bonds is 9. The number of carbonyl (C=O) groups excluding carboxylic acids is 2. The van der Waals surface area contributed by atoms with Gasteiger partial charge in [-0.2, -0.15) is 0 Å². The number of nitrogens with one attached hydrogen (secondary N) is 1. The summed E-state index contributed by atoms with van der Waals surface area (Å²) in [5.74, 6) is 0.124. The Hall–Kier alpha value is -2.24. The summed E-state index contributed by atoms with van der Waals surface area (Å²) in [4.78, 5) is 27.1. The van der Waals surface area contributed by atoms with E-state index in [0.717, 1.165) is 17.5 Å². The number of nitrogens with zero attached hydrogens (tertiary/aromatic N) is 1. The molecule has 0 spiro atoms. The van der Waals surface area contributed by atoms with Crippen molar-refractivity contribution in [3.8, 4) is 5.75 Å². The molecule has 0 unspecified atom stereocenters. The van der Waals surface area contributed by atoms with Crippen LogP contribution in [0, 0.1) is 13.8 Å². The summed E-state index contributed by atoms with van der Waals surface area (Å²) in [5, 5.41) is 3.79. The predicted molar refractivity (Wildman–Crippen MR) is 121 cm³/mol. The van der Waals surface area contributed by atoms with Gasteiger partial charge in [-0.1, -0.05) is 48.3 Å². The fraction of sp³-hybridized carbons (Fsp3) is 0.391. The third-order valence-electron chi connectivity index (χ3n) is 4.98. The Morgan fingerprint density at radius 1 is 1.17 bits per heavy atom. The maximum absolute atomic E-state index is 13.1. The smallest absolute Gasteiger partial charge is 0.261 e. The molecule has 0 bridgehead atoms. The lowest BCUT2D eigenvalue weighted by atomic mass is 10.1. The summed E-state index contributed by atoms with van der Waals surface area (Å²) in [6.45, 7) is 8.14. The zero-order chi connectivity index (χ0) is 22.3. The van der Waals surface area contributed by atoms with E-state index in [1.807, 2.05) is 39.0 Å². The summed E-state index contributed by atoms with van der Waals surface area (Å²) >= 11 is 12.3. The van der Waals surface area contributed by atoms with Gasteiger partial charge < -0.3 is 15.0 Å². The lowest BCUT2D eigenvalue weighted by molar-refractivity contribution is -0.142. The van der Waals surface area contributed by atoms with Crippen molar-refractivity contribution in [3.63, 3.8) is 0 Å². The number of amides is 2. The number of hydrogen-bond donors (Lipinski definition) is 1. The zero-order valence-corrected chi connectivity index (χ0v) is 19.3. The number of hydrogen-bond acceptors (Lipinski definition) is 3.